The topological polar surface area (TPSA) is 38.9 Å². The lowest BCUT2D eigenvalue weighted by Crippen LogP contribution is -2.42. The predicted octanol–water partition coefficient (Wildman–Crippen LogP) is 1.84. The molecule has 12 heavy (non-hydrogen) atoms. The molecular formula is C7H8N2S3. The number of hydrogen-bond donors (Lipinski definition) is 2. The summed E-state index contributed by atoms with van der Waals surface area (Å²) < 4.78 is -0.286. The van der Waals surface area contributed by atoms with Crippen molar-refractivity contribution in [3.8, 4) is 0 Å². The fourth-order valence-electron chi connectivity index (χ4n) is 0.958. The first kappa shape index (κ1) is 8.74. The van der Waals surface area contributed by atoms with Crippen LogP contribution in [0.15, 0.2) is 24.4 Å². The van der Waals surface area contributed by atoms with E-state index in [1.165, 1.54) is 0 Å². The van der Waals surface area contributed by atoms with Crippen molar-refractivity contribution in [2.45, 2.75) is 9.45 Å². The van der Waals surface area contributed by atoms with Crippen molar-refractivity contribution in [1.82, 2.24) is 4.98 Å². The van der Waals surface area contributed by atoms with E-state index in [-0.39, 0.29) is 9.45 Å². The molecule has 2 heterocycles. The van der Waals surface area contributed by atoms with Crippen molar-refractivity contribution in [2.75, 3.05) is 0 Å². The number of hydrogen-bond acceptors (Lipinski definition) is 5. The summed E-state index contributed by atoms with van der Waals surface area (Å²) in [6.45, 7) is 0. The Morgan fingerprint density at radius 2 is 2.42 bits per heavy atom. The summed E-state index contributed by atoms with van der Waals surface area (Å²) in [7, 11) is 3.30. The van der Waals surface area contributed by atoms with Gasteiger partial charge < -0.3 is 5.73 Å². The highest BCUT2D eigenvalue weighted by Crippen LogP contribution is 2.62. The van der Waals surface area contributed by atoms with Gasteiger partial charge in [0.1, 0.15) is 4.08 Å². The van der Waals surface area contributed by atoms with E-state index in [1.807, 2.05) is 18.2 Å². The number of pyridine rings is 1. The van der Waals surface area contributed by atoms with Gasteiger partial charge in [-0.3, -0.25) is 4.98 Å². The number of aromatic nitrogens is 1. The Hall–Kier alpha value is 0.160. The normalized spacial score (nSPS) is 34.3. The van der Waals surface area contributed by atoms with Crippen LogP contribution >= 0.6 is 34.2 Å². The molecule has 2 nitrogen and oxygen atoms in total. The van der Waals surface area contributed by atoms with Crippen molar-refractivity contribution in [2.24, 2.45) is 5.73 Å². The smallest absolute Gasteiger partial charge is 0.136 e. The molecule has 0 spiro atoms. The molecule has 0 radical (unpaired) electrons. The van der Waals surface area contributed by atoms with Gasteiger partial charge in [0.05, 0.1) is 11.1 Å². The third-order valence-electron chi connectivity index (χ3n) is 1.70. The van der Waals surface area contributed by atoms with Crippen molar-refractivity contribution in [3.63, 3.8) is 0 Å². The number of nitrogens with zero attached hydrogens (tertiary/aromatic N) is 1. The minimum Gasteiger partial charge on any atom is -0.316 e. The third-order valence-corrected chi connectivity index (χ3v) is 6.25. The Kier molecular flexibility index (Phi) is 2.29. The summed E-state index contributed by atoms with van der Waals surface area (Å²) in [5, 5.41) is 0.0423. The summed E-state index contributed by atoms with van der Waals surface area (Å²) in [6.07, 6.45) is 1.77. The Morgan fingerprint density at radius 1 is 1.58 bits per heavy atom. The molecule has 1 aromatic heterocycles. The molecule has 0 bridgehead atoms. The Bertz CT molecular complexity index is 279. The van der Waals surface area contributed by atoms with E-state index in [4.69, 9.17) is 5.73 Å². The number of nitrogens with two attached hydrogens (primary N) is 1. The minimum atomic E-state index is -0.286. The van der Waals surface area contributed by atoms with E-state index >= 15 is 0 Å². The standard InChI is InChI=1S/C7H8N2S3/c8-6-7(10,12-11-6)5-3-1-2-4-9-5/h1-4,6,10H,8H2. The molecule has 2 rings (SSSR count). The Labute approximate surface area is 84.5 Å². The van der Waals surface area contributed by atoms with Crippen LogP contribution in [0, 0.1) is 0 Å². The van der Waals surface area contributed by atoms with Gasteiger partial charge in [0.25, 0.3) is 0 Å². The van der Waals surface area contributed by atoms with Crippen molar-refractivity contribution >= 4 is 34.2 Å². The molecule has 1 saturated heterocycles. The van der Waals surface area contributed by atoms with Crippen LogP contribution in [0.4, 0.5) is 0 Å². The van der Waals surface area contributed by atoms with Gasteiger partial charge in [-0.2, -0.15) is 12.6 Å². The predicted molar refractivity (Wildman–Crippen MR) is 58.1 cm³/mol. The van der Waals surface area contributed by atoms with Crippen LogP contribution in [0.25, 0.3) is 0 Å². The molecule has 1 aliphatic heterocycles. The lowest BCUT2D eigenvalue weighted by molar-refractivity contribution is 0.790. The molecule has 0 aliphatic carbocycles. The van der Waals surface area contributed by atoms with Gasteiger partial charge in [0, 0.05) is 6.20 Å². The lowest BCUT2D eigenvalue weighted by atomic mass is 10.2. The molecule has 0 aromatic carbocycles. The molecule has 0 amide bonds. The summed E-state index contributed by atoms with van der Waals surface area (Å²) in [4.78, 5) is 4.23. The second-order valence-corrected chi connectivity index (χ2v) is 6.11. The largest absolute Gasteiger partial charge is 0.316 e. The zero-order chi connectivity index (χ0) is 8.60. The molecule has 5 heteroatoms. The highest BCUT2D eigenvalue weighted by Gasteiger charge is 2.46. The maximum absolute atomic E-state index is 5.81. The van der Waals surface area contributed by atoms with Crippen LogP contribution in [-0.2, 0) is 4.08 Å². The zero-order valence-electron chi connectivity index (χ0n) is 6.18. The first-order valence-corrected chi connectivity index (χ1v) is 6.13. The SMILES string of the molecule is NC1SSC1(S)c1ccccn1. The van der Waals surface area contributed by atoms with Crippen molar-refractivity contribution in [3.05, 3.63) is 30.1 Å². The monoisotopic (exact) mass is 216 g/mol. The van der Waals surface area contributed by atoms with Gasteiger partial charge in [-0.15, -0.1) is 0 Å². The van der Waals surface area contributed by atoms with Gasteiger partial charge in [-0.25, -0.2) is 0 Å². The van der Waals surface area contributed by atoms with Gasteiger partial charge in [0.15, 0.2) is 0 Å². The van der Waals surface area contributed by atoms with Crippen LogP contribution < -0.4 is 5.73 Å². The quantitative estimate of drug-likeness (QED) is 0.555. The van der Waals surface area contributed by atoms with Gasteiger partial charge >= 0.3 is 0 Å². The van der Waals surface area contributed by atoms with Crippen LogP contribution in [0.1, 0.15) is 5.69 Å². The molecular weight excluding hydrogens is 208 g/mol. The number of rotatable bonds is 1. The Morgan fingerprint density at radius 3 is 2.83 bits per heavy atom. The molecule has 2 N–H and O–H groups in total. The molecule has 1 aliphatic rings. The fraction of sp³-hybridized carbons (Fsp3) is 0.286. The zero-order valence-corrected chi connectivity index (χ0v) is 8.70. The maximum Gasteiger partial charge on any atom is 0.136 e. The summed E-state index contributed by atoms with van der Waals surface area (Å²) in [6, 6.07) is 5.80. The third kappa shape index (κ3) is 1.25. The average molecular weight is 216 g/mol. The van der Waals surface area contributed by atoms with E-state index in [0.717, 1.165) is 5.69 Å². The van der Waals surface area contributed by atoms with Crippen molar-refractivity contribution in [1.29, 1.82) is 0 Å². The summed E-state index contributed by atoms with van der Waals surface area (Å²) in [5.74, 6) is 0. The average Bonchev–Trinajstić information content (AvgIpc) is 2.16. The van der Waals surface area contributed by atoms with E-state index in [1.54, 1.807) is 27.8 Å². The van der Waals surface area contributed by atoms with E-state index in [9.17, 15) is 0 Å². The Balaban J connectivity index is 2.31. The van der Waals surface area contributed by atoms with Gasteiger partial charge in [-0.05, 0) is 12.1 Å². The van der Waals surface area contributed by atoms with Crippen LogP contribution in [0.2, 0.25) is 0 Å². The molecule has 2 unspecified atom stereocenters. The molecule has 0 saturated carbocycles. The van der Waals surface area contributed by atoms with Gasteiger partial charge in [0.2, 0.25) is 0 Å². The van der Waals surface area contributed by atoms with E-state index < -0.39 is 0 Å². The minimum absolute atomic E-state index is 0.0423. The molecule has 1 aromatic rings. The van der Waals surface area contributed by atoms with Gasteiger partial charge in [-0.1, -0.05) is 27.7 Å². The highest BCUT2D eigenvalue weighted by molar-refractivity contribution is 8.81. The number of thiol groups is 1. The molecule has 64 valence electrons. The van der Waals surface area contributed by atoms with Crippen molar-refractivity contribution < 1.29 is 0 Å². The molecule has 1 fully saturated rings. The van der Waals surface area contributed by atoms with E-state index in [2.05, 4.69) is 17.6 Å². The van der Waals surface area contributed by atoms with Crippen LogP contribution in [0.3, 0.4) is 0 Å². The molecule has 2 atom stereocenters. The van der Waals surface area contributed by atoms with Crippen LogP contribution in [-0.4, -0.2) is 10.4 Å². The first-order valence-electron chi connectivity index (χ1n) is 3.47. The fourth-order valence-corrected chi connectivity index (χ4v) is 4.01. The summed E-state index contributed by atoms with van der Waals surface area (Å²) in [5.41, 5.74) is 6.76. The second-order valence-electron chi connectivity index (χ2n) is 2.51. The lowest BCUT2D eigenvalue weighted by Gasteiger charge is -2.40. The van der Waals surface area contributed by atoms with Crippen LogP contribution in [0.5, 0.6) is 0 Å². The maximum atomic E-state index is 5.81. The second kappa shape index (κ2) is 3.14. The highest BCUT2D eigenvalue weighted by atomic mass is 33.1. The van der Waals surface area contributed by atoms with E-state index in [0.29, 0.717) is 0 Å². The first-order chi connectivity index (χ1) is 5.73. The summed E-state index contributed by atoms with van der Waals surface area (Å²) >= 11 is 4.51.